The number of oxazole rings is 1. The van der Waals surface area contributed by atoms with Crippen LogP contribution < -0.4 is 5.32 Å². The summed E-state index contributed by atoms with van der Waals surface area (Å²) in [5.74, 6) is 1.39. The van der Waals surface area contributed by atoms with Crippen molar-refractivity contribution < 1.29 is 8.83 Å². The van der Waals surface area contributed by atoms with Gasteiger partial charge in [-0.15, -0.1) is 0 Å². The highest BCUT2D eigenvalue weighted by atomic mass is 35.5. The van der Waals surface area contributed by atoms with Gasteiger partial charge in [-0.05, 0) is 30.3 Å². The number of hydrogen-bond donors (Lipinski definition) is 1. The van der Waals surface area contributed by atoms with Crippen molar-refractivity contribution in [3.63, 3.8) is 0 Å². The highest BCUT2D eigenvalue weighted by Gasteiger charge is 2.14. The molecule has 0 atom stereocenters. The summed E-state index contributed by atoms with van der Waals surface area (Å²) in [5, 5.41) is 12.7. The Kier molecular flexibility index (Phi) is 3.63. The van der Waals surface area contributed by atoms with Crippen molar-refractivity contribution in [1.82, 2.24) is 4.98 Å². The van der Waals surface area contributed by atoms with Gasteiger partial charge in [0, 0.05) is 10.6 Å². The molecule has 3 rings (SSSR count). The number of nitrogens with one attached hydrogen (secondary N) is 1. The minimum Gasteiger partial charge on any atom is -0.467 e. The van der Waals surface area contributed by atoms with Crippen molar-refractivity contribution in [3.05, 3.63) is 59.1 Å². The molecule has 0 aliphatic heterocycles. The molecule has 0 aliphatic carbocycles. The van der Waals surface area contributed by atoms with Crippen LogP contribution in [0, 0.1) is 11.3 Å². The molecule has 0 saturated heterocycles. The molecule has 0 fully saturated rings. The molecule has 0 unspecified atom stereocenters. The van der Waals surface area contributed by atoms with E-state index in [1.54, 1.807) is 30.5 Å². The van der Waals surface area contributed by atoms with E-state index in [1.807, 2.05) is 18.2 Å². The molecule has 21 heavy (non-hydrogen) atoms. The summed E-state index contributed by atoms with van der Waals surface area (Å²) in [5.41, 5.74) is 0.904. The lowest BCUT2D eigenvalue weighted by molar-refractivity contribution is 0.512. The standard InChI is InChI=1S/C15H10ClN3O2/c16-11-4-1-3-10(7-11)14-19-13(8-17)15(21-14)18-9-12-5-2-6-20-12/h1-7,18H,9H2. The Balaban J connectivity index is 1.86. The SMILES string of the molecule is N#Cc1nc(-c2cccc(Cl)c2)oc1NCc1ccco1. The highest BCUT2D eigenvalue weighted by Crippen LogP contribution is 2.27. The zero-order chi connectivity index (χ0) is 14.7. The number of rotatable bonds is 4. The lowest BCUT2D eigenvalue weighted by atomic mass is 10.2. The Bertz CT molecular complexity index is 788. The molecular formula is C15H10ClN3O2. The van der Waals surface area contributed by atoms with Gasteiger partial charge in [-0.2, -0.15) is 10.2 Å². The van der Waals surface area contributed by atoms with E-state index in [0.717, 1.165) is 5.76 Å². The van der Waals surface area contributed by atoms with Crippen molar-refractivity contribution in [2.45, 2.75) is 6.54 Å². The molecule has 0 radical (unpaired) electrons. The number of halogens is 1. The third-order valence-corrected chi connectivity index (χ3v) is 3.04. The van der Waals surface area contributed by atoms with Gasteiger partial charge in [-0.3, -0.25) is 0 Å². The largest absolute Gasteiger partial charge is 0.467 e. The molecule has 104 valence electrons. The maximum atomic E-state index is 9.13. The number of furan rings is 1. The number of nitriles is 1. The van der Waals surface area contributed by atoms with Gasteiger partial charge in [0.05, 0.1) is 12.8 Å². The van der Waals surface area contributed by atoms with Crippen LogP contribution in [0.3, 0.4) is 0 Å². The van der Waals surface area contributed by atoms with Gasteiger partial charge >= 0.3 is 0 Å². The quantitative estimate of drug-likeness (QED) is 0.786. The van der Waals surface area contributed by atoms with Crippen molar-refractivity contribution >= 4 is 17.5 Å². The van der Waals surface area contributed by atoms with Crippen LogP contribution in [0.2, 0.25) is 5.02 Å². The molecule has 2 heterocycles. The molecule has 0 saturated carbocycles. The van der Waals surface area contributed by atoms with E-state index in [-0.39, 0.29) is 5.69 Å². The summed E-state index contributed by atoms with van der Waals surface area (Å²) in [6, 6.07) is 12.7. The Morgan fingerprint density at radius 3 is 2.90 bits per heavy atom. The van der Waals surface area contributed by atoms with Crippen molar-refractivity contribution in [1.29, 1.82) is 5.26 Å². The predicted molar refractivity (Wildman–Crippen MR) is 77.7 cm³/mol. The van der Waals surface area contributed by atoms with Crippen LogP contribution in [0.4, 0.5) is 5.88 Å². The van der Waals surface area contributed by atoms with E-state index in [1.165, 1.54) is 0 Å². The molecule has 1 N–H and O–H groups in total. The zero-order valence-electron chi connectivity index (χ0n) is 10.8. The van der Waals surface area contributed by atoms with E-state index >= 15 is 0 Å². The van der Waals surface area contributed by atoms with E-state index in [2.05, 4.69) is 10.3 Å². The number of aromatic nitrogens is 1. The minimum atomic E-state index is 0.191. The third kappa shape index (κ3) is 2.91. The fraction of sp³-hybridized carbons (Fsp3) is 0.0667. The van der Waals surface area contributed by atoms with Crippen molar-refractivity contribution in [2.75, 3.05) is 5.32 Å². The number of nitrogens with zero attached hydrogens (tertiary/aromatic N) is 2. The fourth-order valence-electron chi connectivity index (χ4n) is 1.84. The second-order valence-electron chi connectivity index (χ2n) is 4.25. The first-order valence-electron chi connectivity index (χ1n) is 6.19. The molecule has 3 aromatic rings. The molecule has 0 bridgehead atoms. The minimum absolute atomic E-state index is 0.191. The average molecular weight is 300 g/mol. The van der Waals surface area contributed by atoms with E-state index in [0.29, 0.717) is 28.9 Å². The van der Waals surface area contributed by atoms with Crippen LogP contribution in [0.15, 0.2) is 51.5 Å². The van der Waals surface area contributed by atoms with Crippen LogP contribution in [0.5, 0.6) is 0 Å². The first kappa shape index (κ1) is 13.3. The molecule has 0 spiro atoms. The van der Waals surface area contributed by atoms with Gasteiger partial charge in [-0.1, -0.05) is 17.7 Å². The molecule has 2 aromatic heterocycles. The number of anilines is 1. The monoisotopic (exact) mass is 299 g/mol. The normalized spacial score (nSPS) is 10.3. The van der Waals surface area contributed by atoms with Gasteiger partial charge in [0.2, 0.25) is 17.5 Å². The van der Waals surface area contributed by atoms with Gasteiger partial charge in [-0.25, -0.2) is 0 Å². The third-order valence-electron chi connectivity index (χ3n) is 2.81. The van der Waals surface area contributed by atoms with Crippen LogP contribution in [-0.2, 0) is 6.54 Å². The molecule has 5 nitrogen and oxygen atoms in total. The smallest absolute Gasteiger partial charge is 0.232 e. The molecule has 0 aliphatic rings. The average Bonchev–Trinajstić information content (AvgIpc) is 3.14. The summed E-state index contributed by atoms with van der Waals surface area (Å²) in [7, 11) is 0. The Morgan fingerprint density at radius 1 is 1.29 bits per heavy atom. The Morgan fingerprint density at radius 2 is 2.19 bits per heavy atom. The second kappa shape index (κ2) is 5.73. The summed E-state index contributed by atoms with van der Waals surface area (Å²) < 4.78 is 10.8. The van der Waals surface area contributed by atoms with Crippen LogP contribution >= 0.6 is 11.6 Å². The van der Waals surface area contributed by atoms with Crippen LogP contribution in [0.25, 0.3) is 11.5 Å². The summed E-state index contributed by atoms with van der Waals surface area (Å²) in [4.78, 5) is 4.16. The second-order valence-corrected chi connectivity index (χ2v) is 4.69. The molecule has 0 amide bonds. The molecule has 1 aromatic carbocycles. The van der Waals surface area contributed by atoms with Gasteiger partial charge in [0.1, 0.15) is 11.8 Å². The summed E-state index contributed by atoms with van der Waals surface area (Å²) in [6.45, 7) is 0.409. The number of benzene rings is 1. The van der Waals surface area contributed by atoms with Crippen molar-refractivity contribution in [2.24, 2.45) is 0 Å². The van der Waals surface area contributed by atoms with E-state index < -0.39 is 0 Å². The van der Waals surface area contributed by atoms with E-state index in [9.17, 15) is 0 Å². The molecule has 6 heteroatoms. The first-order chi connectivity index (χ1) is 10.3. The maximum absolute atomic E-state index is 9.13. The molecular weight excluding hydrogens is 290 g/mol. The van der Waals surface area contributed by atoms with E-state index in [4.69, 9.17) is 25.7 Å². The van der Waals surface area contributed by atoms with Gasteiger partial charge in [0.15, 0.2) is 0 Å². The first-order valence-corrected chi connectivity index (χ1v) is 6.57. The van der Waals surface area contributed by atoms with Crippen LogP contribution in [-0.4, -0.2) is 4.98 Å². The van der Waals surface area contributed by atoms with Crippen molar-refractivity contribution in [3.8, 4) is 17.5 Å². The summed E-state index contributed by atoms with van der Waals surface area (Å²) >= 11 is 5.94. The van der Waals surface area contributed by atoms with Gasteiger partial charge in [0.25, 0.3) is 0 Å². The number of hydrogen-bond acceptors (Lipinski definition) is 5. The lowest BCUT2D eigenvalue weighted by Gasteiger charge is -1.99. The van der Waals surface area contributed by atoms with Gasteiger partial charge < -0.3 is 14.2 Å². The predicted octanol–water partition coefficient (Wildman–Crippen LogP) is 4.07. The summed E-state index contributed by atoms with van der Waals surface area (Å²) in [6.07, 6.45) is 1.58. The highest BCUT2D eigenvalue weighted by molar-refractivity contribution is 6.30. The zero-order valence-corrected chi connectivity index (χ0v) is 11.6. The topological polar surface area (TPSA) is 75.0 Å². The fourth-order valence-corrected chi connectivity index (χ4v) is 2.03. The lowest BCUT2D eigenvalue weighted by Crippen LogP contribution is -1.98. The van der Waals surface area contributed by atoms with Crippen LogP contribution in [0.1, 0.15) is 11.5 Å². The Labute approximate surface area is 125 Å². The Hall–Kier alpha value is -2.71. The maximum Gasteiger partial charge on any atom is 0.232 e.